The van der Waals surface area contributed by atoms with Crippen molar-refractivity contribution in [3.05, 3.63) is 36.0 Å². The first-order valence-electron chi connectivity index (χ1n) is 10.0. The van der Waals surface area contributed by atoms with Crippen LogP contribution in [0.1, 0.15) is 44.6 Å². The fourth-order valence-corrected chi connectivity index (χ4v) is 3.00. The molecule has 7 heteroatoms. The van der Waals surface area contributed by atoms with Crippen LogP contribution in [0, 0.1) is 0 Å². The molecule has 1 fully saturated rings. The molecule has 1 aliphatic heterocycles. The number of carbonyl (C=O) groups is 2. The van der Waals surface area contributed by atoms with Crippen LogP contribution < -0.4 is 10.1 Å². The van der Waals surface area contributed by atoms with Crippen LogP contribution >= 0.6 is 0 Å². The number of nitrogens with one attached hydrogen (secondary N) is 1. The van der Waals surface area contributed by atoms with E-state index in [4.69, 9.17) is 9.47 Å². The van der Waals surface area contributed by atoms with Gasteiger partial charge in [-0.05, 0) is 50.6 Å². The summed E-state index contributed by atoms with van der Waals surface area (Å²) in [5, 5.41) is 2.72. The van der Waals surface area contributed by atoms with Crippen LogP contribution in [-0.4, -0.2) is 54.6 Å². The maximum absolute atomic E-state index is 11.6. The molecule has 28 heavy (non-hydrogen) atoms. The number of carbonyl (C=O) groups excluding carboxylic acids is 2. The highest BCUT2D eigenvalue weighted by molar-refractivity contribution is 5.81. The van der Waals surface area contributed by atoms with Crippen LogP contribution in [0.25, 0.3) is 0 Å². The zero-order valence-electron chi connectivity index (χ0n) is 16.7. The molecule has 7 nitrogen and oxygen atoms in total. The van der Waals surface area contributed by atoms with Gasteiger partial charge in [0.05, 0.1) is 13.0 Å². The van der Waals surface area contributed by atoms with Crippen LogP contribution in [0.2, 0.25) is 0 Å². The summed E-state index contributed by atoms with van der Waals surface area (Å²) < 4.78 is 10.4. The van der Waals surface area contributed by atoms with Crippen molar-refractivity contribution < 1.29 is 19.1 Å². The summed E-state index contributed by atoms with van der Waals surface area (Å²) in [6.07, 6.45) is 9.56. The fourth-order valence-electron chi connectivity index (χ4n) is 3.00. The number of rotatable bonds is 11. The van der Waals surface area contributed by atoms with Gasteiger partial charge in [-0.15, -0.1) is 0 Å². The highest BCUT2D eigenvalue weighted by atomic mass is 16.5. The van der Waals surface area contributed by atoms with Crippen molar-refractivity contribution in [1.82, 2.24) is 15.2 Å². The Balaban J connectivity index is 1.61. The molecule has 1 saturated heterocycles. The van der Waals surface area contributed by atoms with Gasteiger partial charge in [-0.2, -0.15) is 0 Å². The van der Waals surface area contributed by atoms with Gasteiger partial charge in [0.15, 0.2) is 0 Å². The van der Waals surface area contributed by atoms with Crippen molar-refractivity contribution in [3.8, 4) is 5.88 Å². The number of aromatic nitrogens is 1. The quantitative estimate of drug-likeness (QED) is 0.463. The molecule has 2 heterocycles. The summed E-state index contributed by atoms with van der Waals surface area (Å²) in [5.41, 5.74) is 1.21. The molecular formula is C21H31N3O4. The van der Waals surface area contributed by atoms with E-state index < -0.39 is 0 Å². The zero-order valence-corrected chi connectivity index (χ0v) is 16.7. The molecule has 1 aromatic heterocycles. The summed E-state index contributed by atoms with van der Waals surface area (Å²) in [6, 6.07) is 4.02. The lowest BCUT2D eigenvalue weighted by molar-refractivity contribution is -0.144. The second-order valence-electron chi connectivity index (χ2n) is 6.73. The van der Waals surface area contributed by atoms with Gasteiger partial charge in [-0.3, -0.25) is 14.5 Å². The monoisotopic (exact) mass is 389 g/mol. The highest BCUT2D eigenvalue weighted by Crippen LogP contribution is 2.15. The van der Waals surface area contributed by atoms with E-state index in [-0.39, 0.29) is 24.7 Å². The Morgan fingerprint density at radius 1 is 1.21 bits per heavy atom. The van der Waals surface area contributed by atoms with E-state index in [1.807, 2.05) is 24.3 Å². The van der Waals surface area contributed by atoms with Crippen molar-refractivity contribution >= 4 is 11.9 Å². The van der Waals surface area contributed by atoms with Crippen molar-refractivity contribution in [2.45, 2.75) is 45.6 Å². The van der Waals surface area contributed by atoms with Crippen LogP contribution in [0.15, 0.2) is 30.5 Å². The van der Waals surface area contributed by atoms with E-state index in [0.29, 0.717) is 25.6 Å². The van der Waals surface area contributed by atoms with E-state index in [1.54, 1.807) is 13.1 Å². The fraction of sp³-hybridized carbons (Fsp3) is 0.571. The van der Waals surface area contributed by atoms with Gasteiger partial charge in [-0.25, -0.2) is 4.98 Å². The first-order valence-corrected chi connectivity index (χ1v) is 10.0. The third-order valence-corrected chi connectivity index (χ3v) is 4.43. The molecule has 2 rings (SSSR count). The van der Waals surface area contributed by atoms with Crippen LogP contribution in [-0.2, 0) is 20.9 Å². The van der Waals surface area contributed by atoms with Gasteiger partial charge in [0.1, 0.15) is 6.61 Å². The molecule has 0 aromatic carbocycles. The predicted octanol–water partition coefficient (Wildman–Crippen LogP) is 2.46. The molecule has 0 atom stereocenters. The van der Waals surface area contributed by atoms with E-state index in [9.17, 15) is 9.59 Å². The van der Waals surface area contributed by atoms with Crippen molar-refractivity contribution in [2.24, 2.45) is 0 Å². The van der Waals surface area contributed by atoms with Gasteiger partial charge < -0.3 is 14.8 Å². The van der Waals surface area contributed by atoms with Gasteiger partial charge in [-0.1, -0.05) is 12.5 Å². The van der Waals surface area contributed by atoms with E-state index in [2.05, 4.69) is 15.2 Å². The third-order valence-electron chi connectivity index (χ3n) is 4.43. The maximum Gasteiger partial charge on any atom is 0.306 e. The number of piperidine rings is 1. The van der Waals surface area contributed by atoms with Crippen LogP contribution in [0.5, 0.6) is 5.88 Å². The number of nitrogens with zero attached hydrogens (tertiary/aromatic N) is 2. The third kappa shape index (κ3) is 8.99. The summed E-state index contributed by atoms with van der Waals surface area (Å²) in [6.45, 7) is 6.11. The van der Waals surface area contributed by atoms with Gasteiger partial charge >= 0.3 is 5.97 Å². The lowest BCUT2D eigenvalue weighted by Gasteiger charge is -2.26. The van der Waals surface area contributed by atoms with Gasteiger partial charge in [0.25, 0.3) is 0 Å². The lowest BCUT2D eigenvalue weighted by atomic mass is 10.1. The Morgan fingerprint density at radius 3 is 2.82 bits per heavy atom. The van der Waals surface area contributed by atoms with Gasteiger partial charge in [0.2, 0.25) is 11.8 Å². The van der Waals surface area contributed by atoms with E-state index in [0.717, 1.165) is 19.6 Å². The van der Waals surface area contributed by atoms with E-state index in [1.165, 1.54) is 24.8 Å². The number of esters is 1. The van der Waals surface area contributed by atoms with Crippen molar-refractivity contribution in [1.29, 1.82) is 0 Å². The molecule has 1 aliphatic rings. The molecule has 0 unspecified atom stereocenters. The SMILES string of the molecule is CCOC(=O)CCC(=O)NC/C=C\COc1cc(CN2CCCCC2)ccn1. The Hall–Kier alpha value is -2.41. The normalized spacial score (nSPS) is 14.8. The van der Waals surface area contributed by atoms with E-state index >= 15 is 0 Å². The Morgan fingerprint density at radius 2 is 2.04 bits per heavy atom. The number of amides is 1. The second-order valence-corrected chi connectivity index (χ2v) is 6.73. The number of likely N-dealkylation sites (tertiary alicyclic amines) is 1. The molecule has 1 amide bonds. The van der Waals surface area contributed by atoms with Crippen molar-refractivity contribution in [3.63, 3.8) is 0 Å². The zero-order chi connectivity index (χ0) is 20.0. The van der Waals surface area contributed by atoms with Gasteiger partial charge in [0, 0.05) is 31.8 Å². The molecular weight excluding hydrogens is 358 g/mol. The molecule has 154 valence electrons. The first-order chi connectivity index (χ1) is 13.7. The highest BCUT2D eigenvalue weighted by Gasteiger charge is 2.11. The molecule has 0 bridgehead atoms. The average molecular weight is 389 g/mol. The van der Waals surface area contributed by atoms with Crippen LogP contribution in [0.4, 0.5) is 0 Å². The van der Waals surface area contributed by atoms with Crippen molar-refractivity contribution in [2.75, 3.05) is 32.8 Å². The number of ether oxygens (including phenoxy) is 2. The molecule has 0 spiro atoms. The minimum Gasteiger partial charge on any atom is -0.473 e. The van der Waals surface area contributed by atoms with Crippen LogP contribution in [0.3, 0.4) is 0 Å². The molecule has 0 saturated carbocycles. The number of pyridine rings is 1. The summed E-state index contributed by atoms with van der Waals surface area (Å²) >= 11 is 0. The Bertz CT molecular complexity index is 642. The first kappa shape index (κ1) is 21.9. The Labute approximate surface area is 167 Å². The molecule has 0 radical (unpaired) electrons. The second kappa shape index (κ2) is 12.9. The summed E-state index contributed by atoms with van der Waals surface area (Å²) in [5.74, 6) is 0.0833. The lowest BCUT2D eigenvalue weighted by Crippen LogP contribution is -2.29. The predicted molar refractivity (Wildman–Crippen MR) is 107 cm³/mol. The molecule has 0 aliphatic carbocycles. The molecule has 1 N–H and O–H groups in total. The average Bonchev–Trinajstić information content (AvgIpc) is 2.70. The number of hydrogen-bond acceptors (Lipinski definition) is 6. The summed E-state index contributed by atoms with van der Waals surface area (Å²) in [4.78, 5) is 29.5. The minimum absolute atomic E-state index is 0.103. The smallest absolute Gasteiger partial charge is 0.306 e. The molecule has 1 aromatic rings. The topological polar surface area (TPSA) is 80.8 Å². The Kier molecular flexibility index (Phi) is 10.1. The number of hydrogen-bond donors (Lipinski definition) is 1. The standard InChI is InChI=1S/C21H31N3O4/c1-2-27-21(26)9-8-19(25)22-11-4-7-15-28-20-16-18(10-12-23-20)17-24-13-5-3-6-14-24/h4,7,10,12,16H,2-3,5-6,8-9,11,13-15,17H2,1H3,(H,22,25)/b7-4-. The summed E-state index contributed by atoms with van der Waals surface area (Å²) in [7, 11) is 0. The maximum atomic E-state index is 11.6. The minimum atomic E-state index is -0.350. The largest absolute Gasteiger partial charge is 0.473 e.